The summed E-state index contributed by atoms with van der Waals surface area (Å²) >= 11 is 0. The summed E-state index contributed by atoms with van der Waals surface area (Å²) in [6, 6.07) is 0.816. The Bertz CT molecular complexity index is 195. The third kappa shape index (κ3) is 3.74. The van der Waals surface area contributed by atoms with E-state index in [9.17, 15) is 0 Å². The Hall–Kier alpha value is -0.0800. The molecule has 2 fully saturated rings. The van der Waals surface area contributed by atoms with Crippen molar-refractivity contribution in [2.75, 3.05) is 13.2 Å². The van der Waals surface area contributed by atoms with E-state index in [2.05, 4.69) is 12.2 Å². The summed E-state index contributed by atoms with van der Waals surface area (Å²) in [5.41, 5.74) is 0.205. The average molecular weight is 225 g/mol. The third-order valence-electron chi connectivity index (χ3n) is 3.96. The Labute approximate surface area is 100 Å². The van der Waals surface area contributed by atoms with Gasteiger partial charge in [-0.05, 0) is 32.1 Å². The SMILES string of the molecule is CCCCCOC1(CNC2CC2)CCCC1. The van der Waals surface area contributed by atoms with Crippen molar-refractivity contribution in [1.29, 1.82) is 0 Å². The number of unbranched alkanes of at least 4 members (excludes halogenated alkanes) is 2. The molecular formula is C14H27NO. The summed E-state index contributed by atoms with van der Waals surface area (Å²) in [7, 11) is 0. The van der Waals surface area contributed by atoms with E-state index in [-0.39, 0.29) is 5.60 Å². The maximum absolute atomic E-state index is 6.21. The van der Waals surface area contributed by atoms with Crippen molar-refractivity contribution in [3.05, 3.63) is 0 Å². The summed E-state index contributed by atoms with van der Waals surface area (Å²) < 4.78 is 6.21. The molecule has 0 unspecified atom stereocenters. The molecule has 2 saturated carbocycles. The lowest BCUT2D eigenvalue weighted by Crippen LogP contribution is -2.41. The first-order valence-electron chi connectivity index (χ1n) is 7.22. The first-order chi connectivity index (χ1) is 7.85. The van der Waals surface area contributed by atoms with Crippen LogP contribution in [0.1, 0.15) is 64.7 Å². The van der Waals surface area contributed by atoms with Gasteiger partial charge in [0.1, 0.15) is 0 Å². The van der Waals surface area contributed by atoms with Crippen LogP contribution in [-0.2, 0) is 4.74 Å². The van der Waals surface area contributed by atoms with Crippen LogP contribution >= 0.6 is 0 Å². The third-order valence-corrected chi connectivity index (χ3v) is 3.96. The standard InChI is InChI=1S/C14H27NO/c1-2-3-6-11-16-14(9-4-5-10-14)12-15-13-7-8-13/h13,15H,2-12H2,1H3. The van der Waals surface area contributed by atoms with Crippen molar-refractivity contribution in [3.8, 4) is 0 Å². The molecule has 0 atom stereocenters. The number of hydrogen-bond acceptors (Lipinski definition) is 2. The smallest absolute Gasteiger partial charge is 0.0806 e. The molecule has 0 radical (unpaired) electrons. The normalized spacial score (nSPS) is 23.8. The number of ether oxygens (including phenoxy) is 1. The van der Waals surface area contributed by atoms with Gasteiger partial charge in [0.2, 0.25) is 0 Å². The zero-order chi connectivity index (χ0) is 11.3. The van der Waals surface area contributed by atoms with Gasteiger partial charge < -0.3 is 10.1 Å². The summed E-state index contributed by atoms with van der Waals surface area (Å²) in [6.45, 7) is 4.32. The lowest BCUT2D eigenvalue weighted by Gasteiger charge is -2.30. The van der Waals surface area contributed by atoms with Crippen LogP contribution in [0, 0.1) is 0 Å². The molecule has 0 spiro atoms. The van der Waals surface area contributed by atoms with Gasteiger partial charge in [-0.25, -0.2) is 0 Å². The molecule has 16 heavy (non-hydrogen) atoms. The zero-order valence-electron chi connectivity index (χ0n) is 10.8. The van der Waals surface area contributed by atoms with Crippen molar-refractivity contribution in [3.63, 3.8) is 0 Å². The van der Waals surface area contributed by atoms with Gasteiger partial charge >= 0.3 is 0 Å². The first-order valence-corrected chi connectivity index (χ1v) is 7.22. The number of rotatable bonds is 8. The summed E-state index contributed by atoms with van der Waals surface area (Å²) in [4.78, 5) is 0. The van der Waals surface area contributed by atoms with Gasteiger partial charge in [-0.1, -0.05) is 32.6 Å². The van der Waals surface area contributed by atoms with Crippen LogP contribution in [0.25, 0.3) is 0 Å². The largest absolute Gasteiger partial charge is 0.374 e. The van der Waals surface area contributed by atoms with Gasteiger partial charge in [0, 0.05) is 19.2 Å². The maximum atomic E-state index is 6.21. The van der Waals surface area contributed by atoms with Crippen molar-refractivity contribution >= 4 is 0 Å². The molecule has 2 nitrogen and oxygen atoms in total. The fourth-order valence-electron chi connectivity index (χ4n) is 2.65. The molecule has 0 saturated heterocycles. The fourth-order valence-corrected chi connectivity index (χ4v) is 2.65. The lowest BCUT2D eigenvalue weighted by atomic mass is 10.0. The van der Waals surface area contributed by atoms with Crippen LogP contribution in [0.2, 0.25) is 0 Å². The van der Waals surface area contributed by atoms with E-state index >= 15 is 0 Å². The van der Waals surface area contributed by atoms with Crippen LogP contribution in [0.5, 0.6) is 0 Å². The summed E-state index contributed by atoms with van der Waals surface area (Å²) in [5.74, 6) is 0. The second-order valence-corrected chi connectivity index (χ2v) is 5.60. The topological polar surface area (TPSA) is 21.3 Å². The molecule has 1 N–H and O–H groups in total. The van der Waals surface area contributed by atoms with E-state index < -0.39 is 0 Å². The van der Waals surface area contributed by atoms with Crippen molar-refractivity contribution < 1.29 is 4.74 Å². The van der Waals surface area contributed by atoms with Crippen LogP contribution in [0.15, 0.2) is 0 Å². The molecule has 2 rings (SSSR count). The molecule has 0 heterocycles. The fraction of sp³-hybridized carbons (Fsp3) is 1.00. The van der Waals surface area contributed by atoms with Crippen molar-refractivity contribution in [2.24, 2.45) is 0 Å². The van der Waals surface area contributed by atoms with Gasteiger partial charge in [-0.2, -0.15) is 0 Å². The van der Waals surface area contributed by atoms with Gasteiger partial charge in [-0.3, -0.25) is 0 Å². The van der Waals surface area contributed by atoms with E-state index in [1.54, 1.807) is 0 Å². The Morgan fingerprint density at radius 3 is 2.56 bits per heavy atom. The second-order valence-electron chi connectivity index (χ2n) is 5.60. The van der Waals surface area contributed by atoms with E-state index in [0.29, 0.717) is 0 Å². The average Bonchev–Trinajstić information content (AvgIpc) is 3.02. The van der Waals surface area contributed by atoms with E-state index in [0.717, 1.165) is 19.2 Å². The summed E-state index contributed by atoms with van der Waals surface area (Å²) in [5, 5.41) is 3.66. The molecule has 2 aliphatic rings. The van der Waals surface area contributed by atoms with E-state index in [1.807, 2.05) is 0 Å². The Balaban J connectivity index is 1.68. The molecule has 0 aromatic carbocycles. The monoisotopic (exact) mass is 225 g/mol. The predicted octanol–water partition coefficient (Wildman–Crippen LogP) is 3.26. The van der Waals surface area contributed by atoms with Crippen molar-refractivity contribution in [1.82, 2.24) is 5.32 Å². The highest BCUT2D eigenvalue weighted by molar-refractivity contribution is 4.92. The minimum absolute atomic E-state index is 0.205. The molecule has 0 aromatic heterocycles. The van der Waals surface area contributed by atoms with E-state index in [4.69, 9.17) is 4.74 Å². The number of hydrogen-bond donors (Lipinski definition) is 1. The van der Waals surface area contributed by atoms with Gasteiger partial charge in [0.15, 0.2) is 0 Å². The first kappa shape index (κ1) is 12.4. The van der Waals surface area contributed by atoms with Crippen molar-refractivity contribution in [2.45, 2.75) is 76.4 Å². The Morgan fingerprint density at radius 2 is 1.94 bits per heavy atom. The Morgan fingerprint density at radius 1 is 1.19 bits per heavy atom. The van der Waals surface area contributed by atoms with Gasteiger partial charge in [0.05, 0.1) is 5.60 Å². The molecule has 0 amide bonds. The molecule has 94 valence electrons. The zero-order valence-corrected chi connectivity index (χ0v) is 10.8. The van der Waals surface area contributed by atoms with Gasteiger partial charge in [0.25, 0.3) is 0 Å². The lowest BCUT2D eigenvalue weighted by molar-refractivity contribution is -0.0409. The summed E-state index contributed by atoms with van der Waals surface area (Å²) in [6.07, 6.45) is 11.9. The number of nitrogens with one attached hydrogen (secondary N) is 1. The molecule has 2 aliphatic carbocycles. The van der Waals surface area contributed by atoms with E-state index in [1.165, 1.54) is 57.8 Å². The highest BCUT2D eigenvalue weighted by atomic mass is 16.5. The molecule has 0 aromatic rings. The molecular weight excluding hydrogens is 198 g/mol. The quantitative estimate of drug-likeness (QED) is 0.640. The molecule has 2 heteroatoms. The minimum atomic E-state index is 0.205. The second kappa shape index (κ2) is 6.02. The van der Waals surface area contributed by atoms with Crippen LogP contribution in [0.4, 0.5) is 0 Å². The van der Waals surface area contributed by atoms with Crippen LogP contribution in [-0.4, -0.2) is 24.8 Å². The maximum Gasteiger partial charge on any atom is 0.0806 e. The predicted molar refractivity (Wildman–Crippen MR) is 67.7 cm³/mol. The Kier molecular flexibility index (Phi) is 4.66. The van der Waals surface area contributed by atoms with Crippen LogP contribution < -0.4 is 5.32 Å². The minimum Gasteiger partial charge on any atom is -0.374 e. The van der Waals surface area contributed by atoms with Gasteiger partial charge in [-0.15, -0.1) is 0 Å². The van der Waals surface area contributed by atoms with Crippen LogP contribution in [0.3, 0.4) is 0 Å². The highest BCUT2D eigenvalue weighted by Gasteiger charge is 2.36. The highest BCUT2D eigenvalue weighted by Crippen LogP contribution is 2.34. The molecule has 0 aliphatic heterocycles. The molecule has 0 bridgehead atoms.